The molecule has 0 saturated carbocycles. The third-order valence-electron chi connectivity index (χ3n) is 13.2. The smallest absolute Gasteiger partial charge is 0.486 e. The summed E-state index contributed by atoms with van der Waals surface area (Å²) in [6, 6.07) is 70.5. The Hall–Kier alpha value is -8.36. The van der Waals surface area contributed by atoms with Gasteiger partial charge in [0.05, 0.1) is 27.6 Å². The minimum atomic E-state index is 0. The standard InChI is InChI=1S/C43H29N5.C22H21N2O.Ir/c1-3-12-31(13-4-1)41-32(16-11-27-45-41)24-22-30-23-25-39-40(28-30)48-42-36(33-14-9-15-34(29-33)37-20-7-8-26-44-37)19-10-21-38(42)46-43(48)47(39)35-17-5-2-6-18-35;1-14-8-9-17-16-6-5-7-18(20(16)25-21(17)24-14)19-12-15(10-11-23-19)13-22(2,3)4;/h1-12,14,16-21,23,25-29H,22,24H2;5-6,8-12H,13H2,1-4H3;/q-2;-1;+3. The zero-order chi connectivity index (χ0) is 49.5. The molecule has 0 fully saturated rings. The first-order valence-electron chi connectivity index (χ1n) is 24.7. The Morgan fingerprint density at radius 3 is 2.24 bits per heavy atom. The molecule has 0 amide bonds. The summed E-state index contributed by atoms with van der Waals surface area (Å²) in [6.45, 7) is 8.70. The molecular formula is C65H50IrN7O. The van der Waals surface area contributed by atoms with E-state index in [4.69, 9.17) is 14.4 Å². The van der Waals surface area contributed by atoms with Crippen LogP contribution in [0.25, 0.3) is 100 Å². The van der Waals surface area contributed by atoms with E-state index in [-0.39, 0.29) is 25.5 Å². The molecule has 0 unspecified atom stereocenters. The number of nitrogens with zero attached hydrogens (tertiary/aromatic N) is 7. The number of aromatic nitrogens is 7. The van der Waals surface area contributed by atoms with E-state index >= 15 is 0 Å². The Bertz CT molecular complexity index is 4120. The summed E-state index contributed by atoms with van der Waals surface area (Å²) in [5.74, 6) is 0.886. The van der Waals surface area contributed by atoms with Crippen LogP contribution in [0.3, 0.4) is 0 Å². The summed E-state index contributed by atoms with van der Waals surface area (Å²) in [5.41, 5.74) is 19.6. The average molecular weight is 1140 g/mol. The van der Waals surface area contributed by atoms with E-state index in [1.807, 2.05) is 92.2 Å². The van der Waals surface area contributed by atoms with Crippen molar-refractivity contribution < 1.29 is 24.5 Å². The van der Waals surface area contributed by atoms with Gasteiger partial charge in [0.25, 0.3) is 0 Å². The number of furan rings is 1. The number of hydrogen-bond donors (Lipinski definition) is 0. The van der Waals surface area contributed by atoms with Gasteiger partial charge in [-0.1, -0.05) is 109 Å². The monoisotopic (exact) mass is 1140 g/mol. The molecule has 0 bridgehead atoms. The maximum Gasteiger partial charge on any atom is 3.00 e. The van der Waals surface area contributed by atoms with Gasteiger partial charge in [0, 0.05) is 35.4 Å². The van der Waals surface area contributed by atoms with Gasteiger partial charge in [-0.2, -0.15) is 0 Å². The molecule has 6 aromatic carbocycles. The number of pyridine rings is 4. The van der Waals surface area contributed by atoms with Crippen LogP contribution in [0.2, 0.25) is 0 Å². The minimum absolute atomic E-state index is 0. The summed E-state index contributed by atoms with van der Waals surface area (Å²) < 4.78 is 10.7. The number of aryl methyl sites for hydroxylation is 3. The van der Waals surface area contributed by atoms with E-state index in [0.717, 1.165) is 120 Å². The summed E-state index contributed by atoms with van der Waals surface area (Å²) in [6.07, 6.45) is 8.30. The van der Waals surface area contributed by atoms with Crippen LogP contribution in [0.15, 0.2) is 199 Å². The van der Waals surface area contributed by atoms with Crippen LogP contribution in [-0.4, -0.2) is 33.9 Å². The van der Waals surface area contributed by atoms with Crippen molar-refractivity contribution >= 4 is 49.9 Å². The van der Waals surface area contributed by atoms with Crippen LogP contribution in [0, 0.1) is 30.5 Å². The predicted molar refractivity (Wildman–Crippen MR) is 294 cm³/mol. The summed E-state index contributed by atoms with van der Waals surface area (Å²) in [5, 5.41) is 2.08. The van der Waals surface area contributed by atoms with Crippen molar-refractivity contribution in [2.45, 2.75) is 47.0 Å². The van der Waals surface area contributed by atoms with Crippen molar-refractivity contribution in [2.24, 2.45) is 5.41 Å². The Morgan fingerprint density at radius 2 is 1.41 bits per heavy atom. The molecule has 9 heteroatoms. The maximum absolute atomic E-state index is 6.08. The summed E-state index contributed by atoms with van der Waals surface area (Å²) in [7, 11) is 0. The average Bonchev–Trinajstić information content (AvgIpc) is 4.11. The zero-order valence-electron chi connectivity index (χ0n) is 41.5. The zero-order valence-corrected chi connectivity index (χ0v) is 43.9. The number of rotatable bonds is 9. The second-order valence-electron chi connectivity index (χ2n) is 19.7. The predicted octanol–water partition coefficient (Wildman–Crippen LogP) is 15.3. The number of benzene rings is 6. The quantitative estimate of drug-likeness (QED) is 0.134. The molecule has 0 radical (unpaired) electrons. The van der Waals surface area contributed by atoms with Crippen molar-refractivity contribution in [3.05, 3.63) is 235 Å². The van der Waals surface area contributed by atoms with E-state index in [9.17, 15) is 0 Å². The number of para-hydroxylation sites is 2. The van der Waals surface area contributed by atoms with Crippen molar-refractivity contribution in [3.63, 3.8) is 0 Å². The van der Waals surface area contributed by atoms with Crippen LogP contribution in [0.5, 0.6) is 0 Å². The van der Waals surface area contributed by atoms with Crippen LogP contribution in [-0.2, 0) is 39.4 Å². The fourth-order valence-electron chi connectivity index (χ4n) is 10.0. The molecule has 13 rings (SSSR count). The Balaban J connectivity index is 0.000000191. The van der Waals surface area contributed by atoms with Gasteiger partial charge in [0.1, 0.15) is 0 Å². The third kappa shape index (κ3) is 9.44. The van der Waals surface area contributed by atoms with Crippen molar-refractivity contribution in [3.8, 4) is 50.6 Å². The van der Waals surface area contributed by atoms with Crippen molar-refractivity contribution in [1.29, 1.82) is 0 Å². The van der Waals surface area contributed by atoms with Gasteiger partial charge < -0.3 is 19.4 Å². The van der Waals surface area contributed by atoms with Crippen LogP contribution in [0.1, 0.15) is 43.2 Å². The first-order chi connectivity index (χ1) is 35.7. The second kappa shape index (κ2) is 20.3. The molecule has 7 heterocycles. The van der Waals surface area contributed by atoms with Gasteiger partial charge in [-0.3, -0.25) is 8.97 Å². The molecule has 0 aliphatic rings. The summed E-state index contributed by atoms with van der Waals surface area (Å²) >= 11 is 0. The molecule has 0 spiro atoms. The number of hydrogen-bond acceptors (Lipinski definition) is 6. The van der Waals surface area contributed by atoms with Crippen molar-refractivity contribution in [1.82, 2.24) is 33.9 Å². The van der Waals surface area contributed by atoms with Gasteiger partial charge in [-0.25, -0.2) is 9.97 Å². The molecule has 13 aromatic rings. The molecule has 360 valence electrons. The largest absolute Gasteiger partial charge is 3.00 e. The van der Waals surface area contributed by atoms with E-state index in [1.165, 1.54) is 16.7 Å². The Kier molecular flexibility index (Phi) is 13.1. The molecule has 7 aromatic heterocycles. The maximum atomic E-state index is 6.08. The molecule has 8 nitrogen and oxygen atoms in total. The topological polar surface area (TPSA) is 86.9 Å². The normalized spacial score (nSPS) is 11.6. The van der Waals surface area contributed by atoms with E-state index in [2.05, 4.69) is 172 Å². The fraction of sp³-hybridized carbons (Fsp3) is 0.123. The SMILES string of the molecule is Cc1ccc2c(n1)oc1c(-c3cc(CC(C)(C)C)ccn3)[c-]ccc12.[Ir+3].[c-]1ccc(-c2cccc3nc4n(-c5ccccc5)c5ccc(CCc6cccnc6-c6[c-]cccc6)cc5n4c23)cc1-c1ccccn1. The molecule has 0 saturated heterocycles. The van der Waals surface area contributed by atoms with Crippen LogP contribution < -0.4 is 0 Å². The molecule has 74 heavy (non-hydrogen) atoms. The van der Waals surface area contributed by atoms with Gasteiger partial charge in [-0.15, -0.1) is 83.9 Å². The third-order valence-corrected chi connectivity index (χ3v) is 13.2. The molecule has 0 atom stereocenters. The van der Waals surface area contributed by atoms with Gasteiger partial charge in [-0.05, 0) is 120 Å². The first kappa shape index (κ1) is 47.9. The second-order valence-corrected chi connectivity index (χ2v) is 19.7. The van der Waals surface area contributed by atoms with Gasteiger partial charge >= 0.3 is 20.1 Å². The summed E-state index contributed by atoms with van der Waals surface area (Å²) in [4.78, 5) is 23.6. The van der Waals surface area contributed by atoms with Crippen LogP contribution in [0.4, 0.5) is 0 Å². The van der Waals surface area contributed by atoms with E-state index in [0.29, 0.717) is 5.71 Å². The molecule has 0 aliphatic heterocycles. The van der Waals surface area contributed by atoms with Gasteiger partial charge in [0.15, 0.2) is 0 Å². The van der Waals surface area contributed by atoms with Crippen molar-refractivity contribution in [2.75, 3.05) is 0 Å². The molecule has 0 N–H and O–H groups in total. The molecular weight excluding hydrogens is 1090 g/mol. The Labute approximate surface area is 443 Å². The minimum Gasteiger partial charge on any atom is -0.486 e. The molecule has 0 aliphatic carbocycles. The van der Waals surface area contributed by atoms with Crippen LogP contribution >= 0.6 is 0 Å². The first-order valence-corrected chi connectivity index (χ1v) is 24.7. The Morgan fingerprint density at radius 1 is 0.581 bits per heavy atom. The van der Waals surface area contributed by atoms with E-state index < -0.39 is 0 Å². The number of fused-ring (bicyclic) bond motifs is 8. The van der Waals surface area contributed by atoms with E-state index in [1.54, 1.807) is 0 Å². The number of imidazole rings is 2. The fourth-order valence-corrected chi connectivity index (χ4v) is 10.0. The van der Waals surface area contributed by atoms with Gasteiger partial charge in [0.2, 0.25) is 11.5 Å².